The fraction of sp³-hybridized carbons (Fsp3) is 0.455. The predicted octanol–water partition coefficient (Wildman–Crippen LogP) is 3.64. The van der Waals surface area contributed by atoms with Crippen molar-refractivity contribution in [1.82, 2.24) is 14.5 Å². The largest absolute Gasteiger partial charge is 0.376 e. The Hall–Kier alpha value is -2.23. The van der Waals surface area contributed by atoms with E-state index < -0.39 is 0 Å². The highest BCUT2D eigenvalue weighted by molar-refractivity contribution is 8.00. The Labute approximate surface area is 188 Å². The van der Waals surface area contributed by atoms with Crippen molar-refractivity contribution in [2.75, 3.05) is 17.7 Å². The summed E-state index contributed by atoms with van der Waals surface area (Å²) in [4.78, 5) is 34.1. The first-order chi connectivity index (χ1) is 15.2. The molecule has 1 fully saturated rings. The molecule has 0 bridgehead atoms. The highest BCUT2D eigenvalue weighted by atomic mass is 32.2. The lowest BCUT2D eigenvalue weighted by Gasteiger charge is -2.24. The van der Waals surface area contributed by atoms with E-state index in [9.17, 15) is 9.59 Å². The average Bonchev–Trinajstić information content (AvgIpc) is 3.43. The maximum absolute atomic E-state index is 12.8. The topological polar surface area (TPSA) is 86.1 Å². The van der Waals surface area contributed by atoms with Crippen molar-refractivity contribution in [1.29, 1.82) is 0 Å². The molecule has 1 N–H and O–H groups in total. The van der Waals surface area contributed by atoms with Crippen molar-refractivity contribution in [2.45, 2.75) is 56.2 Å². The molecule has 1 aliphatic heterocycles. The molecule has 162 valence electrons. The van der Waals surface area contributed by atoms with Crippen LogP contribution >= 0.6 is 23.1 Å². The van der Waals surface area contributed by atoms with Crippen molar-refractivity contribution in [2.24, 2.45) is 0 Å². The highest BCUT2D eigenvalue weighted by Gasteiger charge is 2.24. The number of hydrogen-bond donors (Lipinski definition) is 1. The van der Waals surface area contributed by atoms with Crippen LogP contribution in [0.3, 0.4) is 0 Å². The van der Waals surface area contributed by atoms with Gasteiger partial charge in [0.15, 0.2) is 5.13 Å². The molecule has 3 heterocycles. The molecule has 1 aromatic carbocycles. The van der Waals surface area contributed by atoms with Gasteiger partial charge < -0.3 is 10.1 Å². The van der Waals surface area contributed by atoms with Crippen LogP contribution in [0, 0.1) is 0 Å². The van der Waals surface area contributed by atoms with Gasteiger partial charge in [0.2, 0.25) is 5.91 Å². The molecule has 1 amide bonds. The third-order valence-corrected chi connectivity index (χ3v) is 7.71. The quantitative estimate of drug-likeness (QED) is 0.450. The van der Waals surface area contributed by atoms with Gasteiger partial charge in [0, 0.05) is 17.9 Å². The number of thiazole rings is 1. The summed E-state index contributed by atoms with van der Waals surface area (Å²) in [7, 11) is 0. The Morgan fingerprint density at radius 3 is 2.94 bits per heavy atom. The Morgan fingerprint density at radius 2 is 2.10 bits per heavy atom. The van der Waals surface area contributed by atoms with Gasteiger partial charge >= 0.3 is 5.69 Å². The zero-order chi connectivity index (χ0) is 21.2. The summed E-state index contributed by atoms with van der Waals surface area (Å²) < 4.78 is 8.59. The number of aromatic nitrogens is 3. The van der Waals surface area contributed by atoms with E-state index in [1.165, 1.54) is 23.1 Å². The molecule has 1 atom stereocenters. The van der Waals surface area contributed by atoms with Crippen molar-refractivity contribution in [3.8, 4) is 0 Å². The summed E-state index contributed by atoms with van der Waals surface area (Å²) in [5.74, 6) is 0.0591. The second-order valence-electron chi connectivity index (χ2n) is 7.90. The Balaban J connectivity index is 1.31. The van der Waals surface area contributed by atoms with E-state index in [0.717, 1.165) is 66.6 Å². The van der Waals surface area contributed by atoms with Gasteiger partial charge in [0.1, 0.15) is 5.03 Å². The molecule has 2 aliphatic rings. The number of rotatable bonds is 6. The molecule has 7 nitrogen and oxygen atoms in total. The molecular weight excluding hydrogens is 432 g/mol. The first-order valence-corrected chi connectivity index (χ1v) is 12.5. The number of hydrogen-bond acceptors (Lipinski definition) is 7. The van der Waals surface area contributed by atoms with Crippen LogP contribution in [0.5, 0.6) is 0 Å². The van der Waals surface area contributed by atoms with Crippen LogP contribution in [0.1, 0.15) is 36.9 Å². The van der Waals surface area contributed by atoms with Crippen molar-refractivity contribution >= 4 is 44.4 Å². The maximum atomic E-state index is 12.8. The predicted molar refractivity (Wildman–Crippen MR) is 123 cm³/mol. The van der Waals surface area contributed by atoms with Gasteiger partial charge in [-0.25, -0.2) is 9.78 Å². The number of nitrogens with zero attached hydrogens (tertiary/aromatic N) is 3. The summed E-state index contributed by atoms with van der Waals surface area (Å²) in [6, 6.07) is 7.80. The van der Waals surface area contributed by atoms with Crippen LogP contribution in [-0.2, 0) is 28.9 Å². The van der Waals surface area contributed by atoms with Gasteiger partial charge in [0.25, 0.3) is 0 Å². The van der Waals surface area contributed by atoms with Gasteiger partial charge in [-0.3, -0.25) is 9.36 Å². The third kappa shape index (κ3) is 4.53. The normalized spacial score (nSPS) is 18.3. The number of fused-ring (bicyclic) bond motifs is 2. The smallest absolute Gasteiger partial charge is 0.348 e. The maximum Gasteiger partial charge on any atom is 0.348 e. The zero-order valence-corrected chi connectivity index (χ0v) is 18.8. The standard InChI is InChI=1S/C22H24N4O3S2/c27-19(24-21-23-16-8-2-4-10-18(16)31-21)13-30-20-15-7-1-3-9-17(15)26(22(28)25-20)12-14-6-5-11-29-14/h2,4,8,10,14H,1,3,5-7,9,11-13H2,(H,23,24,27)/t14-/m0/s1. The van der Waals surface area contributed by atoms with E-state index in [1.54, 1.807) is 0 Å². The highest BCUT2D eigenvalue weighted by Crippen LogP contribution is 2.30. The number of amides is 1. The van der Waals surface area contributed by atoms with Crippen LogP contribution in [0.2, 0.25) is 0 Å². The van der Waals surface area contributed by atoms with E-state index >= 15 is 0 Å². The van der Waals surface area contributed by atoms with Gasteiger partial charge in [-0.05, 0) is 50.7 Å². The van der Waals surface area contributed by atoms with Crippen molar-refractivity contribution < 1.29 is 9.53 Å². The molecule has 1 aliphatic carbocycles. The molecule has 0 saturated carbocycles. The Morgan fingerprint density at radius 1 is 1.23 bits per heavy atom. The third-order valence-electron chi connectivity index (χ3n) is 5.74. The van der Waals surface area contributed by atoms with Gasteiger partial charge in [-0.2, -0.15) is 4.98 Å². The number of carbonyl (C=O) groups is 1. The van der Waals surface area contributed by atoms with E-state index in [4.69, 9.17) is 4.74 Å². The van der Waals surface area contributed by atoms with Crippen LogP contribution < -0.4 is 11.0 Å². The second-order valence-corrected chi connectivity index (χ2v) is 9.90. The number of para-hydroxylation sites is 1. The molecule has 2 aromatic heterocycles. The van der Waals surface area contributed by atoms with Crippen molar-refractivity contribution in [3.05, 3.63) is 46.0 Å². The molecule has 0 unspecified atom stereocenters. The number of benzene rings is 1. The molecule has 9 heteroatoms. The monoisotopic (exact) mass is 456 g/mol. The minimum Gasteiger partial charge on any atom is -0.376 e. The number of carbonyl (C=O) groups excluding carboxylic acids is 1. The Bertz CT molecular complexity index is 1130. The second kappa shape index (κ2) is 9.10. The fourth-order valence-corrected chi connectivity index (χ4v) is 6.02. The summed E-state index contributed by atoms with van der Waals surface area (Å²) >= 11 is 2.80. The summed E-state index contributed by atoms with van der Waals surface area (Å²) in [5.41, 5.74) is 2.85. The first kappa shape index (κ1) is 20.7. The first-order valence-electron chi connectivity index (χ1n) is 10.7. The van der Waals surface area contributed by atoms with Crippen molar-refractivity contribution in [3.63, 3.8) is 0 Å². The van der Waals surface area contributed by atoms with Gasteiger partial charge in [0.05, 0.1) is 28.6 Å². The van der Waals surface area contributed by atoms with E-state index in [0.29, 0.717) is 16.7 Å². The lowest BCUT2D eigenvalue weighted by Crippen LogP contribution is -2.34. The van der Waals surface area contributed by atoms with Crippen LogP contribution in [-0.4, -0.2) is 38.9 Å². The molecule has 31 heavy (non-hydrogen) atoms. The van der Waals surface area contributed by atoms with E-state index in [-0.39, 0.29) is 23.5 Å². The zero-order valence-electron chi connectivity index (χ0n) is 17.1. The lowest BCUT2D eigenvalue weighted by molar-refractivity contribution is -0.113. The number of thioether (sulfide) groups is 1. The SMILES string of the molecule is O=C(CSc1nc(=O)n(C[C@@H]2CCCO2)c2c1CCCC2)Nc1nc2ccccc2s1. The van der Waals surface area contributed by atoms with Crippen LogP contribution in [0.25, 0.3) is 10.2 Å². The lowest BCUT2D eigenvalue weighted by atomic mass is 9.97. The molecule has 0 radical (unpaired) electrons. The molecule has 5 rings (SSSR count). The Kier molecular flexibility index (Phi) is 6.06. The molecule has 3 aromatic rings. The van der Waals surface area contributed by atoms with Crippen LogP contribution in [0.4, 0.5) is 5.13 Å². The number of ether oxygens (including phenoxy) is 1. The summed E-state index contributed by atoms with van der Waals surface area (Å²) in [6.07, 6.45) is 6.07. The average molecular weight is 457 g/mol. The fourth-order valence-electron chi connectivity index (χ4n) is 4.26. The minimum absolute atomic E-state index is 0.101. The number of nitrogens with one attached hydrogen (secondary N) is 1. The van der Waals surface area contributed by atoms with Crippen LogP contribution in [0.15, 0.2) is 34.1 Å². The molecule has 0 spiro atoms. The summed E-state index contributed by atoms with van der Waals surface area (Å²) in [5, 5.41) is 4.16. The minimum atomic E-state index is -0.231. The molecule has 1 saturated heterocycles. The molecular formula is C22H24N4O3S2. The number of anilines is 1. The van der Waals surface area contributed by atoms with E-state index in [1.807, 2.05) is 28.8 Å². The van der Waals surface area contributed by atoms with E-state index in [2.05, 4.69) is 15.3 Å². The van der Waals surface area contributed by atoms with Gasteiger partial charge in [-0.1, -0.05) is 35.2 Å². The van der Waals surface area contributed by atoms with Gasteiger partial charge in [-0.15, -0.1) is 0 Å². The summed E-state index contributed by atoms with van der Waals surface area (Å²) in [6.45, 7) is 1.35.